The Morgan fingerprint density at radius 1 is 1.09 bits per heavy atom. The lowest BCUT2D eigenvalue weighted by atomic mass is 10.1. The number of likely N-dealkylation sites (tertiary alicyclic amines) is 1. The second-order valence-electron chi connectivity index (χ2n) is 8.74. The lowest BCUT2D eigenvalue weighted by Gasteiger charge is -2.31. The Morgan fingerprint density at radius 2 is 1.82 bits per heavy atom. The van der Waals surface area contributed by atoms with Crippen LogP contribution in [0, 0.1) is 0 Å². The number of carbonyl (C=O) groups excluding carboxylic acids is 3. The molecule has 1 saturated heterocycles. The van der Waals surface area contributed by atoms with E-state index in [2.05, 4.69) is 10.3 Å². The normalized spacial score (nSPS) is 16.6. The highest BCUT2D eigenvalue weighted by Gasteiger charge is 2.31. The van der Waals surface area contributed by atoms with Gasteiger partial charge in [-0.05, 0) is 57.4 Å². The van der Waals surface area contributed by atoms with Crippen LogP contribution in [0.15, 0.2) is 60.7 Å². The molecule has 2 aromatic carbocycles. The summed E-state index contributed by atoms with van der Waals surface area (Å²) < 4.78 is 0. The zero-order valence-corrected chi connectivity index (χ0v) is 19.1. The Hall–Kier alpha value is -3.61. The van der Waals surface area contributed by atoms with Crippen molar-refractivity contribution in [3.8, 4) is 0 Å². The minimum absolute atomic E-state index is 0.00926. The van der Waals surface area contributed by atoms with Crippen molar-refractivity contribution < 1.29 is 14.4 Å². The number of aromatic amines is 1. The summed E-state index contributed by atoms with van der Waals surface area (Å²) in [6.45, 7) is 4.41. The smallest absolute Gasteiger partial charge is 0.268 e. The van der Waals surface area contributed by atoms with Gasteiger partial charge in [0.05, 0.1) is 0 Å². The number of nitrogens with one attached hydrogen (secondary N) is 2. The third-order valence-corrected chi connectivity index (χ3v) is 6.01. The van der Waals surface area contributed by atoms with Gasteiger partial charge in [-0.2, -0.15) is 0 Å². The van der Waals surface area contributed by atoms with E-state index in [0.717, 1.165) is 29.4 Å². The molecule has 1 aliphatic heterocycles. The van der Waals surface area contributed by atoms with Crippen LogP contribution in [0.2, 0.25) is 0 Å². The van der Waals surface area contributed by atoms with E-state index >= 15 is 0 Å². The van der Waals surface area contributed by atoms with Crippen LogP contribution in [0.4, 0.5) is 5.69 Å². The van der Waals surface area contributed by atoms with Gasteiger partial charge in [-0.25, -0.2) is 0 Å². The Labute approximate surface area is 193 Å². The number of aromatic nitrogens is 1. The predicted molar refractivity (Wildman–Crippen MR) is 129 cm³/mol. The molecule has 4 rings (SSSR count). The largest absolute Gasteiger partial charge is 0.351 e. The molecule has 172 valence electrons. The molecule has 1 atom stereocenters. The minimum atomic E-state index is -0.650. The van der Waals surface area contributed by atoms with Crippen molar-refractivity contribution in [1.82, 2.24) is 15.2 Å². The summed E-state index contributed by atoms with van der Waals surface area (Å²) >= 11 is 0. The third-order valence-electron chi connectivity index (χ3n) is 6.01. The molecule has 2 heterocycles. The first-order chi connectivity index (χ1) is 15.9. The van der Waals surface area contributed by atoms with Crippen molar-refractivity contribution in [2.75, 3.05) is 18.0 Å². The first kappa shape index (κ1) is 22.6. The molecular formula is C26H30N4O3. The molecule has 0 spiro atoms. The van der Waals surface area contributed by atoms with Crippen molar-refractivity contribution in [3.63, 3.8) is 0 Å². The fraction of sp³-hybridized carbons (Fsp3) is 0.346. The van der Waals surface area contributed by atoms with E-state index < -0.39 is 6.04 Å². The standard InChI is InChI=1S/C26H30N4O3/c1-18(2)30(20-11-4-3-5-12-20)24(31)17-29-15-9-8-14-22(26(29)33)28-25(32)23-16-19-10-6-7-13-21(19)27-23/h3-7,10-13,16,18,22,27H,8-9,14-15,17H2,1-2H3,(H,28,32)/t22-/m1/s1. The van der Waals surface area contributed by atoms with E-state index in [1.165, 1.54) is 0 Å². The maximum Gasteiger partial charge on any atom is 0.268 e. The molecule has 1 fully saturated rings. The summed E-state index contributed by atoms with van der Waals surface area (Å²) in [7, 11) is 0. The summed E-state index contributed by atoms with van der Waals surface area (Å²) in [6, 6.07) is 18.2. The van der Waals surface area contributed by atoms with Crippen LogP contribution in [-0.2, 0) is 9.59 Å². The van der Waals surface area contributed by atoms with E-state index in [4.69, 9.17) is 0 Å². The second kappa shape index (κ2) is 9.90. The second-order valence-corrected chi connectivity index (χ2v) is 8.74. The number of hydrogen-bond acceptors (Lipinski definition) is 3. The maximum absolute atomic E-state index is 13.3. The number of hydrogen-bond donors (Lipinski definition) is 2. The van der Waals surface area contributed by atoms with Gasteiger partial charge in [-0.15, -0.1) is 0 Å². The molecular weight excluding hydrogens is 416 g/mol. The number of carbonyl (C=O) groups is 3. The molecule has 1 aromatic heterocycles. The number of fused-ring (bicyclic) bond motifs is 1. The van der Waals surface area contributed by atoms with Gasteiger partial charge < -0.3 is 20.1 Å². The third kappa shape index (κ3) is 5.08. The summed E-state index contributed by atoms with van der Waals surface area (Å²) in [6.07, 6.45) is 2.16. The molecule has 33 heavy (non-hydrogen) atoms. The number of amides is 3. The quantitative estimate of drug-likeness (QED) is 0.605. The molecule has 0 unspecified atom stereocenters. The minimum Gasteiger partial charge on any atom is -0.351 e. The molecule has 0 saturated carbocycles. The van der Waals surface area contributed by atoms with Gasteiger partial charge in [0, 0.05) is 29.2 Å². The first-order valence-electron chi connectivity index (χ1n) is 11.5. The predicted octanol–water partition coefficient (Wildman–Crippen LogP) is 3.72. The average molecular weight is 447 g/mol. The fourth-order valence-electron chi connectivity index (χ4n) is 4.39. The highest BCUT2D eigenvalue weighted by Crippen LogP contribution is 2.19. The number of para-hydroxylation sites is 2. The molecule has 7 heteroatoms. The highest BCUT2D eigenvalue weighted by molar-refractivity contribution is 6.01. The van der Waals surface area contributed by atoms with Crippen molar-refractivity contribution >= 4 is 34.3 Å². The van der Waals surface area contributed by atoms with Gasteiger partial charge in [-0.1, -0.05) is 36.4 Å². The Bertz CT molecular complexity index is 1110. The van der Waals surface area contributed by atoms with E-state index in [0.29, 0.717) is 18.7 Å². The number of nitrogens with zero attached hydrogens (tertiary/aromatic N) is 2. The van der Waals surface area contributed by atoms with Gasteiger partial charge in [0.15, 0.2) is 0 Å². The average Bonchev–Trinajstić information content (AvgIpc) is 3.17. The van der Waals surface area contributed by atoms with Crippen LogP contribution in [0.3, 0.4) is 0 Å². The Morgan fingerprint density at radius 3 is 2.55 bits per heavy atom. The van der Waals surface area contributed by atoms with Crippen LogP contribution >= 0.6 is 0 Å². The Kier molecular flexibility index (Phi) is 6.77. The van der Waals surface area contributed by atoms with Crippen LogP contribution < -0.4 is 10.2 Å². The zero-order valence-electron chi connectivity index (χ0n) is 19.1. The summed E-state index contributed by atoms with van der Waals surface area (Å²) in [5, 5.41) is 3.83. The fourth-order valence-corrected chi connectivity index (χ4v) is 4.39. The molecule has 3 aromatic rings. The zero-order chi connectivity index (χ0) is 23.4. The molecule has 0 radical (unpaired) electrons. The topological polar surface area (TPSA) is 85.5 Å². The molecule has 7 nitrogen and oxygen atoms in total. The highest BCUT2D eigenvalue weighted by atomic mass is 16.2. The molecule has 3 amide bonds. The van der Waals surface area contributed by atoms with Crippen LogP contribution in [0.5, 0.6) is 0 Å². The lowest BCUT2D eigenvalue weighted by Crippen LogP contribution is -2.51. The van der Waals surface area contributed by atoms with Gasteiger partial charge in [-0.3, -0.25) is 14.4 Å². The van der Waals surface area contributed by atoms with Gasteiger partial charge in [0.25, 0.3) is 5.91 Å². The van der Waals surface area contributed by atoms with E-state index in [1.54, 1.807) is 15.9 Å². The van der Waals surface area contributed by atoms with E-state index in [1.807, 2.05) is 68.4 Å². The number of rotatable bonds is 6. The SMILES string of the molecule is CC(C)N(C(=O)CN1CCCC[C@@H](NC(=O)c2cc3ccccc3[nH]2)C1=O)c1ccccc1. The van der Waals surface area contributed by atoms with Crippen molar-refractivity contribution in [2.24, 2.45) is 0 Å². The summed E-state index contributed by atoms with van der Waals surface area (Å²) in [5.74, 6) is -0.653. The van der Waals surface area contributed by atoms with Crippen LogP contribution in [0.25, 0.3) is 10.9 Å². The number of H-pyrrole nitrogens is 1. The van der Waals surface area contributed by atoms with Crippen LogP contribution in [-0.4, -0.2) is 52.8 Å². The monoisotopic (exact) mass is 446 g/mol. The van der Waals surface area contributed by atoms with Crippen molar-refractivity contribution in [1.29, 1.82) is 0 Å². The number of benzene rings is 2. The molecule has 0 bridgehead atoms. The number of anilines is 1. The van der Waals surface area contributed by atoms with Crippen molar-refractivity contribution in [3.05, 3.63) is 66.4 Å². The Balaban J connectivity index is 1.46. The van der Waals surface area contributed by atoms with Gasteiger partial charge in [0.2, 0.25) is 11.8 Å². The van der Waals surface area contributed by atoms with Gasteiger partial charge in [0.1, 0.15) is 18.3 Å². The maximum atomic E-state index is 13.3. The summed E-state index contributed by atoms with van der Waals surface area (Å²) in [4.78, 5) is 45.8. The van der Waals surface area contributed by atoms with E-state index in [-0.39, 0.29) is 30.3 Å². The van der Waals surface area contributed by atoms with E-state index in [9.17, 15) is 14.4 Å². The lowest BCUT2D eigenvalue weighted by molar-refractivity contribution is -0.136. The molecule has 1 aliphatic rings. The molecule has 2 N–H and O–H groups in total. The summed E-state index contributed by atoms with van der Waals surface area (Å²) in [5.41, 5.74) is 2.10. The van der Waals surface area contributed by atoms with Crippen LogP contribution in [0.1, 0.15) is 43.6 Å². The molecule has 0 aliphatic carbocycles. The van der Waals surface area contributed by atoms with Crippen molar-refractivity contribution in [2.45, 2.75) is 45.2 Å². The van der Waals surface area contributed by atoms with Gasteiger partial charge >= 0.3 is 0 Å². The first-order valence-corrected chi connectivity index (χ1v) is 11.5.